The minimum absolute atomic E-state index is 0.0565. The van der Waals surface area contributed by atoms with Gasteiger partial charge in [-0.25, -0.2) is 0 Å². The van der Waals surface area contributed by atoms with Crippen molar-refractivity contribution in [2.24, 2.45) is 0 Å². The molecule has 0 spiro atoms. The molecule has 0 bridgehead atoms. The Hall–Kier alpha value is -2.17. The number of carbonyl (C=O) groups excluding carboxylic acids is 1. The third kappa shape index (κ3) is 6.81. The predicted octanol–water partition coefficient (Wildman–Crippen LogP) is 6.41. The largest absolute Gasteiger partial charge is 0.326 e. The van der Waals surface area contributed by atoms with Crippen LogP contribution < -0.4 is 5.32 Å². The maximum atomic E-state index is 12.1. The van der Waals surface area contributed by atoms with E-state index in [0.29, 0.717) is 6.42 Å². The fourth-order valence-corrected chi connectivity index (χ4v) is 4.21. The first-order valence-electron chi connectivity index (χ1n) is 8.95. The van der Waals surface area contributed by atoms with Gasteiger partial charge in [0.25, 0.3) is 0 Å². The second-order valence-electron chi connectivity index (χ2n) is 6.26. The van der Waals surface area contributed by atoms with E-state index in [4.69, 9.17) is 0 Å². The summed E-state index contributed by atoms with van der Waals surface area (Å²) in [5.74, 6) is 1.76. The number of hydrogen-bond acceptors (Lipinski definition) is 3. The van der Waals surface area contributed by atoms with Gasteiger partial charge < -0.3 is 5.32 Å². The van der Waals surface area contributed by atoms with Crippen LogP contribution in [0.2, 0.25) is 0 Å². The molecule has 0 aliphatic rings. The molecule has 1 N–H and O–H groups in total. The zero-order chi connectivity index (χ0) is 18.9. The Morgan fingerprint density at radius 1 is 0.815 bits per heavy atom. The van der Waals surface area contributed by atoms with Crippen LogP contribution in [0.4, 0.5) is 5.69 Å². The van der Waals surface area contributed by atoms with Crippen molar-refractivity contribution < 1.29 is 4.79 Å². The van der Waals surface area contributed by atoms with E-state index in [9.17, 15) is 4.79 Å². The lowest BCUT2D eigenvalue weighted by atomic mass is 10.2. The summed E-state index contributed by atoms with van der Waals surface area (Å²) in [6.45, 7) is 2.08. The fraction of sp³-hybridized carbons (Fsp3) is 0.174. The molecule has 3 aromatic carbocycles. The molecule has 0 aliphatic carbocycles. The van der Waals surface area contributed by atoms with Gasteiger partial charge in [-0.05, 0) is 48.9 Å². The standard InChI is InChI=1S/C23H23NOS2/c1-18-7-13-22(14-8-18)26-16-15-23(25)24-20-11-9-19(10-12-20)17-27-21-5-3-2-4-6-21/h2-14H,15-17H2,1H3,(H,24,25). The molecule has 138 valence electrons. The summed E-state index contributed by atoms with van der Waals surface area (Å²) < 4.78 is 0. The number of amides is 1. The van der Waals surface area contributed by atoms with Crippen LogP contribution in [0.15, 0.2) is 88.7 Å². The van der Waals surface area contributed by atoms with Crippen LogP contribution in [0, 0.1) is 6.92 Å². The van der Waals surface area contributed by atoms with Crippen LogP contribution in [0.5, 0.6) is 0 Å². The molecule has 0 heterocycles. The lowest BCUT2D eigenvalue weighted by molar-refractivity contribution is -0.115. The van der Waals surface area contributed by atoms with Gasteiger partial charge in [0.05, 0.1) is 0 Å². The van der Waals surface area contributed by atoms with E-state index < -0.39 is 0 Å². The molecular weight excluding hydrogens is 370 g/mol. The quantitative estimate of drug-likeness (QED) is 0.448. The van der Waals surface area contributed by atoms with Crippen molar-refractivity contribution in [3.05, 3.63) is 90.0 Å². The molecule has 3 aromatic rings. The van der Waals surface area contributed by atoms with Crippen molar-refractivity contribution in [1.82, 2.24) is 0 Å². The molecule has 0 saturated heterocycles. The number of thioether (sulfide) groups is 2. The minimum atomic E-state index is 0.0565. The van der Waals surface area contributed by atoms with Crippen LogP contribution in [0.3, 0.4) is 0 Å². The van der Waals surface area contributed by atoms with E-state index in [1.807, 2.05) is 30.0 Å². The number of rotatable bonds is 8. The number of nitrogens with one attached hydrogen (secondary N) is 1. The Morgan fingerprint density at radius 3 is 2.19 bits per heavy atom. The molecule has 27 heavy (non-hydrogen) atoms. The van der Waals surface area contributed by atoms with Crippen LogP contribution in [-0.4, -0.2) is 11.7 Å². The summed E-state index contributed by atoms with van der Waals surface area (Å²) in [7, 11) is 0. The first-order chi connectivity index (χ1) is 13.2. The lowest BCUT2D eigenvalue weighted by Crippen LogP contribution is -2.12. The van der Waals surface area contributed by atoms with E-state index >= 15 is 0 Å². The predicted molar refractivity (Wildman–Crippen MR) is 118 cm³/mol. The van der Waals surface area contributed by atoms with Gasteiger partial charge in [0.1, 0.15) is 0 Å². The van der Waals surface area contributed by atoms with E-state index in [-0.39, 0.29) is 5.91 Å². The molecule has 2 nitrogen and oxygen atoms in total. The topological polar surface area (TPSA) is 29.1 Å². The maximum Gasteiger partial charge on any atom is 0.225 e. The van der Waals surface area contributed by atoms with Gasteiger partial charge in [0, 0.05) is 33.4 Å². The average Bonchev–Trinajstić information content (AvgIpc) is 2.70. The highest BCUT2D eigenvalue weighted by molar-refractivity contribution is 7.99. The molecule has 0 fully saturated rings. The van der Waals surface area contributed by atoms with Gasteiger partial charge in [0.15, 0.2) is 0 Å². The van der Waals surface area contributed by atoms with Gasteiger partial charge in [-0.15, -0.1) is 23.5 Å². The maximum absolute atomic E-state index is 12.1. The molecule has 0 saturated carbocycles. The van der Waals surface area contributed by atoms with Gasteiger partial charge in [-0.2, -0.15) is 0 Å². The average molecular weight is 394 g/mol. The summed E-state index contributed by atoms with van der Waals surface area (Å²) in [4.78, 5) is 14.6. The van der Waals surface area contributed by atoms with Crippen molar-refractivity contribution in [2.75, 3.05) is 11.1 Å². The Morgan fingerprint density at radius 2 is 1.48 bits per heavy atom. The second kappa shape index (κ2) is 10.2. The minimum Gasteiger partial charge on any atom is -0.326 e. The van der Waals surface area contributed by atoms with Crippen LogP contribution in [0.25, 0.3) is 0 Å². The summed E-state index contributed by atoms with van der Waals surface area (Å²) in [5.41, 5.74) is 3.35. The Labute approximate surface area is 169 Å². The Kier molecular flexibility index (Phi) is 7.43. The molecule has 0 aromatic heterocycles. The monoisotopic (exact) mass is 393 g/mol. The SMILES string of the molecule is Cc1ccc(SCCC(=O)Nc2ccc(CSc3ccccc3)cc2)cc1. The van der Waals surface area contributed by atoms with Crippen molar-refractivity contribution >= 4 is 35.1 Å². The molecule has 0 atom stereocenters. The molecule has 4 heteroatoms. The third-order valence-corrected chi connectivity index (χ3v) is 6.10. The summed E-state index contributed by atoms with van der Waals surface area (Å²) in [6, 6.07) is 26.9. The van der Waals surface area contributed by atoms with E-state index in [1.165, 1.54) is 20.9 Å². The van der Waals surface area contributed by atoms with E-state index in [2.05, 4.69) is 72.9 Å². The van der Waals surface area contributed by atoms with Crippen molar-refractivity contribution in [1.29, 1.82) is 0 Å². The highest BCUT2D eigenvalue weighted by Gasteiger charge is 2.04. The molecule has 3 rings (SSSR count). The van der Waals surface area contributed by atoms with E-state index in [0.717, 1.165) is 17.2 Å². The lowest BCUT2D eigenvalue weighted by Gasteiger charge is -2.07. The van der Waals surface area contributed by atoms with Gasteiger partial charge in [-0.1, -0.05) is 48.0 Å². The van der Waals surface area contributed by atoms with Crippen LogP contribution in [-0.2, 0) is 10.5 Å². The number of benzene rings is 3. The summed E-state index contributed by atoms with van der Waals surface area (Å²) >= 11 is 3.52. The summed E-state index contributed by atoms with van der Waals surface area (Å²) in [5, 5.41) is 2.98. The number of anilines is 1. The molecular formula is C23H23NOS2. The zero-order valence-electron chi connectivity index (χ0n) is 15.4. The zero-order valence-corrected chi connectivity index (χ0v) is 17.0. The Balaban J connectivity index is 1.40. The normalized spacial score (nSPS) is 10.6. The highest BCUT2D eigenvalue weighted by Crippen LogP contribution is 2.23. The first kappa shape index (κ1) is 19.6. The number of aryl methyl sites for hydroxylation is 1. The van der Waals surface area contributed by atoms with Gasteiger partial charge in [0.2, 0.25) is 5.91 Å². The van der Waals surface area contributed by atoms with Crippen LogP contribution >= 0.6 is 23.5 Å². The van der Waals surface area contributed by atoms with Gasteiger partial charge in [-0.3, -0.25) is 4.79 Å². The van der Waals surface area contributed by atoms with Crippen molar-refractivity contribution in [3.63, 3.8) is 0 Å². The van der Waals surface area contributed by atoms with E-state index in [1.54, 1.807) is 11.8 Å². The van der Waals surface area contributed by atoms with Gasteiger partial charge >= 0.3 is 0 Å². The molecule has 0 aliphatic heterocycles. The molecule has 0 radical (unpaired) electrons. The second-order valence-corrected chi connectivity index (χ2v) is 8.48. The summed E-state index contributed by atoms with van der Waals surface area (Å²) in [6.07, 6.45) is 0.504. The fourth-order valence-electron chi connectivity index (χ4n) is 2.49. The van der Waals surface area contributed by atoms with Crippen LogP contribution in [0.1, 0.15) is 17.5 Å². The number of hydrogen-bond donors (Lipinski definition) is 1. The molecule has 0 unspecified atom stereocenters. The number of carbonyl (C=O) groups is 1. The molecule has 1 amide bonds. The van der Waals surface area contributed by atoms with Crippen molar-refractivity contribution in [3.8, 4) is 0 Å². The van der Waals surface area contributed by atoms with Crippen molar-refractivity contribution in [2.45, 2.75) is 28.9 Å². The third-order valence-electron chi connectivity index (χ3n) is 4.01. The first-order valence-corrected chi connectivity index (χ1v) is 10.9. The Bertz CT molecular complexity index is 846. The highest BCUT2D eigenvalue weighted by atomic mass is 32.2. The smallest absolute Gasteiger partial charge is 0.225 e.